The molecule has 1 N–H and O–H groups in total. The zero-order chi connectivity index (χ0) is 27.3. The van der Waals surface area contributed by atoms with Crippen LogP contribution >= 0.6 is 23.2 Å². The molecule has 1 atom stereocenters. The van der Waals surface area contributed by atoms with Gasteiger partial charge >= 0.3 is 5.97 Å². The highest BCUT2D eigenvalue weighted by atomic mass is 35.5. The Morgan fingerprint density at radius 3 is 2.47 bits per heavy atom. The third kappa shape index (κ3) is 6.87. The molecular weight excluding hydrogens is 547 g/mol. The van der Waals surface area contributed by atoms with E-state index in [0.717, 1.165) is 22.3 Å². The van der Waals surface area contributed by atoms with E-state index in [4.69, 9.17) is 32.7 Å². The number of nitrogens with one attached hydrogen (secondary N) is 1. The van der Waals surface area contributed by atoms with Crippen LogP contribution in [0.15, 0.2) is 65.6 Å². The molecule has 0 aromatic heterocycles. The van der Waals surface area contributed by atoms with Crippen molar-refractivity contribution >= 4 is 39.0 Å². The number of carbonyl (C=O) groups excluding carboxylic acids is 1. The van der Waals surface area contributed by atoms with Crippen LogP contribution < -0.4 is 10.1 Å². The molecular formula is C28H30Cl2N2O5S. The van der Waals surface area contributed by atoms with Crippen molar-refractivity contribution in [1.29, 1.82) is 0 Å². The SMILES string of the molecule is COC(=O)Cc1ccc(OCc2ccc(Cl)c(Cl)c2)c(CN2CCNCC2S(=O)(=O)c2ccc(C)cc2)c1. The number of aryl methyl sites for hydroxylation is 1. The van der Waals surface area contributed by atoms with Crippen LogP contribution in [0, 0.1) is 6.92 Å². The zero-order valence-corrected chi connectivity index (χ0v) is 23.6. The fourth-order valence-corrected chi connectivity index (χ4v) is 6.41. The van der Waals surface area contributed by atoms with Gasteiger partial charge in [-0.1, -0.05) is 59.1 Å². The van der Waals surface area contributed by atoms with Crippen LogP contribution in [-0.4, -0.2) is 51.4 Å². The minimum Gasteiger partial charge on any atom is -0.489 e. The molecule has 1 unspecified atom stereocenters. The standard InChI is InChI=1S/C28H30Cl2N2O5S/c1-19-3-7-23(8-4-19)38(34,35)27-16-31-11-12-32(27)17-22-13-20(15-28(33)36-2)6-10-26(22)37-18-21-5-9-24(29)25(30)14-21/h3-10,13-14,27,31H,11-12,15-18H2,1-2H3. The molecule has 4 rings (SSSR count). The molecule has 1 aliphatic rings. The van der Waals surface area contributed by atoms with Gasteiger partial charge in [-0.15, -0.1) is 0 Å². The van der Waals surface area contributed by atoms with E-state index in [9.17, 15) is 13.2 Å². The lowest BCUT2D eigenvalue weighted by atomic mass is 10.1. The van der Waals surface area contributed by atoms with Gasteiger partial charge in [0.15, 0.2) is 9.84 Å². The van der Waals surface area contributed by atoms with Gasteiger partial charge in [-0.2, -0.15) is 0 Å². The third-order valence-corrected chi connectivity index (χ3v) is 9.31. The highest BCUT2D eigenvalue weighted by Gasteiger charge is 2.35. The lowest BCUT2D eigenvalue weighted by Crippen LogP contribution is -2.54. The maximum absolute atomic E-state index is 13.6. The third-order valence-electron chi connectivity index (χ3n) is 6.46. The fraction of sp³-hybridized carbons (Fsp3) is 0.321. The number of esters is 1. The largest absolute Gasteiger partial charge is 0.489 e. The summed E-state index contributed by atoms with van der Waals surface area (Å²) in [5.74, 6) is 0.233. The Hall–Kier alpha value is -2.62. The second-order valence-electron chi connectivity index (χ2n) is 9.22. The first-order valence-electron chi connectivity index (χ1n) is 12.2. The molecule has 3 aromatic carbocycles. The minimum absolute atomic E-state index is 0.100. The predicted molar refractivity (Wildman–Crippen MR) is 148 cm³/mol. The van der Waals surface area contributed by atoms with E-state index in [2.05, 4.69) is 5.32 Å². The number of hydrogen-bond donors (Lipinski definition) is 1. The summed E-state index contributed by atoms with van der Waals surface area (Å²) in [7, 11) is -2.29. The number of ether oxygens (including phenoxy) is 2. The molecule has 1 heterocycles. The highest BCUT2D eigenvalue weighted by molar-refractivity contribution is 7.92. The van der Waals surface area contributed by atoms with Crippen LogP contribution in [0.4, 0.5) is 0 Å². The van der Waals surface area contributed by atoms with Crippen LogP contribution in [0.3, 0.4) is 0 Å². The molecule has 1 aliphatic heterocycles. The van der Waals surface area contributed by atoms with E-state index in [1.165, 1.54) is 7.11 Å². The van der Waals surface area contributed by atoms with Gasteiger partial charge in [-0.25, -0.2) is 8.42 Å². The van der Waals surface area contributed by atoms with Gasteiger partial charge in [-0.3, -0.25) is 9.69 Å². The van der Waals surface area contributed by atoms with Crippen molar-refractivity contribution in [3.63, 3.8) is 0 Å². The van der Waals surface area contributed by atoms with Crippen LogP contribution in [-0.2, 0) is 38.9 Å². The maximum Gasteiger partial charge on any atom is 0.309 e. The first-order valence-corrected chi connectivity index (χ1v) is 14.5. The Balaban J connectivity index is 1.62. The Bertz CT molecular complexity index is 1400. The molecule has 7 nitrogen and oxygen atoms in total. The Morgan fingerprint density at radius 2 is 1.76 bits per heavy atom. The summed E-state index contributed by atoms with van der Waals surface area (Å²) >= 11 is 12.2. The molecule has 0 saturated carbocycles. The molecule has 3 aromatic rings. The number of sulfone groups is 1. The molecule has 202 valence electrons. The number of piperazine rings is 1. The van der Waals surface area contributed by atoms with Gasteiger partial charge in [0.2, 0.25) is 0 Å². The predicted octanol–water partition coefficient (Wildman–Crippen LogP) is 4.80. The van der Waals surface area contributed by atoms with E-state index in [1.807, 2.05) is 30.0 Å². The van der Waals surface area contributed by atoms with E-state index in [-0.39, 0.29) is 23.9 Å². The first kappa shape index (κ1) is 28.4. The topological polar surface area (TPSA) is 84.9 Å². The summed E-state index contributed by atoms with van der Waals surface area (Å²) in [4.78, 5) is 14.2. The first-order chi connectivity index (χ1) is 18.2. The van der Waals surface area contributed by atoms with Gasteiger partial charge in [0.05, 0.1) is 28.5 Å². The van der Waals surface area contributed by atoms with E-state index < -0.39 is 15.2 Å². The van der Waals surface area contributed by atoms with Crippen LogP contribution in [0.25, 0.3) is 0 Å². The lowest BCUT2D eigenvalue weighted by Gasteiger charge is -2.36. The lowest BCUT2D eigenvalue weighted by molar-refractivity contribution is -0.139. The van der Waals surface area contributed by atoms with Gasteiger partial charge in [0.25, 0.3) is 0 Å². The average molecular weight is 578 g/mol. The van der Waals surface area contributed by atoms with Crippen molar-refractivity contribution in [2.75, 3.05) is 26.7 Å². The molecule has 0 spiro atoms. The van der Waals surface area contributed by atoms with Crippen molar-refractivity contribution < 1.29 is 22.7 Å². The Labute approximate surface area is 233 Å². The summed E-state index contributed by atoms with van der Waals surface area (Å²) in [6.45, 7) is 3.98. The molecule has 10 heteroatoms. The Kier molecular flexibility index (Phi) is 9.33. The molecule has 0 bridgehead atoms. The van der Waals surface area contributed by atoms with Gasteiger partial charge in [-0.05, 0) is 48.4 Å². The summed E-state index contributed by atoms with van der Waals surface area (Å²) in [5, 5.41) is 3.36. The van der Waals surface area contributed by atoms with Gasteiger partial charge < -0.3 is 14.8 Å². The second-order valence-corrected chi connectivity index (χ2v) is 12.1. The molecule has 1 fully saturated rings. The molecule has 0 amide bonds. The number of rotatable bonds is 9. The van der Waals surface area contributed by atoms with Crippen LogP contribution in [0.1, 0.15) is 22.3 Å². The summed E-state index contributed by atoms with van der Waals surface area (Å²) in [6.07, 6.45) is 0.100. The van der Waals surface area contributed by atoms with E-state index >= 15 is 0 Å². The number of carbonyl (C=O) groups is 1. The van der Waals surface area contributed by atoms with Gasteiger partial charge in [0.1, 0.15) is 17.7 Å². The number of hydrogen-bond acceptors (Lipinski definition) is 7. The summed E-state index contributed by atoms with van der Waals surface area (Å²) in [5.41, 5.74) is 3.36. The molecule has 1 saturated heterocycles. The van der Waals surface area contributed by atoms with Crippen molar-refractivity contribution in [3.05, 3.63) is 93.0 Å². The average Bonchev–Trinajstić information content (AvgIpc) is 2.90. The van der Waals surface area contributed by atoms with Crippen molar-refractivity contribution in [3.8, 4) is 5.75 Å². The fourth-order valence-electron chi connectivity index (χ4n) is 4.35. The quantitative estimate of drug-likeness (QED) is 0.366. The molecule has 0 aliphatic carbocycles. The van der Waals surface area contributed by atoms with Crippen molar-refractivity contribution in [2.24, 2.45) is 0 Å². The van der Waals surface area contributed by atoms with Crippen LogP contribution in [0.5, 0.6) is 5.75 Å². The number of methoxy groups -OCH3 is 1. The van der Waals surface area contributed by atoms with E-state index in [0.29, 0.717) is 42.0 Å². The summed E-state index contributed by atoms with van der Waals surface area (Å²) in [6, 6.07) is 17.7. The number of nitrogens with zero attached hydrogens (tertiary/aromatic N) is 1. The highest BCUT2D eigenvalue weighted by Crippen LogP contribution is 2.29. The zero-order valence-electron chi connectivity index (χ0n) is 21.2. The monoisotopic (exact) mass is 576 g/mol. The molecule has 38 heavy (non-hydrogen) atoms. The Morgan fingerprint density at radius 1 is 1.03 bits per heavy atom. The maximum atomic E-state index is 13.6. The minimum atomic E-state index is -3.64. The normalized spacial score (nSPS) is 16.3. The smallest absolute Gasteiger partial charge is 0.309 e. The summed E-state index contributed by atoms with van der Waals surface area (Å²) < 4.78 is 38.2. The number of halogens is 2. The van der Waals surface area contributed by atoms with Crippen molar-refractivity contribution in [2.45, 2.75) is 36.8 Å². The second kappa shape index (κ2) is 12.5. The number of benzene rings is 3. The van der Waals surface area contributed by atoms with E-state index in [1.54, 1.807) is 42.5 Å². The van der Waals surface area contributed by atoms with Crippen LogP contribution in [0.2, 0.25) is 10.0 Å². The van der Waals surface area contributed by atoms with Gasteiger partial charge in [0, 0.05) is 31.7 Å². The van der Waals surface area contributed by atoms with Crippen molar-refractivity contribution in [1.82, 2.24) is 10.2 Å². The molecule has 0 radical (unpaired) electrons.